The molecule has 3 rings (SSSR count). The summed E-state index contributed by atoms with van der Waals surface area (Å²) in [6.45, 7) is 8.06. The largest absolute Gasteiger partial charge is 0.450 e. The second-order valence-electron chi connectivity index (χ2n) is 8.10. The van der Waals surface area contributed by atoms with Crippen LogP contribution in [0.1, 0.15) is 66.2 Å². The van der Waals surface area contributed by atoms with E-state index in [9.17, 15) is 9.90 Å². The van der Waals surface area contributed by atoms with Crippen LogP contribution >= 0.6 is 0 Å². The van der Waals surface area contributed by atoms with Crippen molar-refractivity contribution in [3.05, 3.63) is 22.8 Å². The van der Waals surface area contributed by atoms with Crippen LogP contribution in [0.5, 0.6) is 0 Å². The third-order valence-electron chi connectivity index (χ3n) is 6.07. The van der Waals surface area contributed by atoms with Gasteiger partial charge in [-0.05, 0) is 76.9 Å². The van der Waals surface area contributed by atoms with Crippen molar-refractivity contribution < 1.29 is 19.4 Å². The summed E-state index contributed by atoms with van der Waals surface area (Å²) in [5.41, 5.74) is 2.35. The minimum Gasteiger partial charge on any atom is -0.450 e. The fourth-order valence-electron chi connectivity index (χ4n) is 4.17. The van der Waals surface area contributed by atoms with Crippen molar-refractivity contribution >= 4 is 5.97 Å². The van der Waals surface area contributed by atoms with Gasteiger partial charge < -0.3 is 14.6 Å². The molecule has 4 heteroatoms. The first-order valence-electron chi connectivity index (χ1n) is 9.23. The molecule has 0 saturated carbocycles. The van der Waals surface area contributed by atoms with E-state index in [-0.39, 0.29) is 24.3 Å². The van der Waals surface area contributed by atoms with E-state index in [0.717, 1.165) is 49.7 Å². The first-order valence-corrected chi connectivity index (χ1v) is 9.23. The van der Waals surface area contributed by atoms with Crippen LogP contribution in [0.2, 0.25) is 0 Å². The molecular formula is C20H30O4. The molecule has 1 fully saturated rings. The lowest BCUT2D eigenvalue weighted by molar-refractivity contribution is -0.181. The van der Waals surface area contributed by atoms with Crippen molar-refractivity contribution in [3.8, 4) is 0 Å². The van der Waals surface area contributed by atoms with Gasteiger partial charge in [0.15, 0.2) is 0 Å². The molecule has 0 aromatic carbocycles. The Kier molecular flexibility index (Phi) is 4.89. The summed E-state index contributed by atoms with van der Waals surface area (Å²) in [5.74, 6) is 0.226. The first-order chi connectivity index (χ1) is 11.3. The fraction of sp³-hybridized carbons (Fsp3) is 0.750. The van der Waals surface area contributed by atoms with Gasteiger partial charge in [0, 0.05) is 5.57 Å². The number of hydrogen-bond acceptors (Lipinski definition) is 4. The third-order valence-corrected chi connectivity index (χ3v) is 6.07. The maximum atomic E-state index is 12.0. The smallest absolute Gasteiger partial charge is 0.334 e. The molecule has 1 saturated heterocycles. The van der Waals surface area contributed by atoms with Crippen LogP contribution in [0.25, 0.3) is 0 Å². The van der Waals surface area contributed by atoms with Gasteiger partial charge in [-0.1, -0.05) is 12.5 Å². The van der Waals surface area contributed by atoms with E-state index in [1.54, 1.807) is 0 Å². The molecule has 5 atom stereocenters. The Morgan fingerprint density at radius 1 is 1.21 bits per heavy atom. The van der Waals surface area contributed by atoms with Crippen LogP contribution in [-0.2, 0) is 14.3 Å². The van der Waals surface area contributed by atoms with Crippen molar-refractivity contribution in [1.29, 1.82) is 0 Å². The van der Waals surface area contributed by atoms with E-state index in [2.05, 4.69) is 19.9 Å². The van der Waals surface area contributed by atoms with E-state index in [1.165, 1.54) is 5.57 Å². The predicted molar refractivity (Wildman–Crippen MR) is 92.5 cm³/mol. The molecule has 4 nitrogen and oxygen atoms in total. The van der Waals surface area contributed by atoms with Gasteiger partial charge in [-0.15, -0.1) is 0 Å². The molecule has 3 heterocycles. The topological polar surface area (TPSA) is 55.8 Å². The quantitative estimate of drug-likeness (QED) is 0.542. The molecule has 0 aliphatic carbocycles. The minimum absolute atomic E-state index is 0.121. The van der Waals surface area contributed by atoms with Gasteiger partial charge in [-0.2, -0.15) is 0 Å². The molecular weight excluding hydrogens is 304 g/mol. The summed E-state index contributed by atoms with van der Waals surface area (Å²) in [6.07, 6.45) is 7.13. The Morgan fingerprint density at radius 2 is 1.96 bits per heavy atom. The normalized spacial score (nSPS) is 43.2. The molecule has 134 valence electrons. The van der Waals surface area contributed by atoms with Crippen LogP contribution in [0.15, 0.2) is 22.8 Å². The lowest BCUT2D eigenvalue weighted by atomic mass is 9.81. The lowest BCUT2D eigenvalue weighted by Gasteiger charge is -2.43. The average molecular weight is 334 g/mol. The highest BCUT2D eigenvalue weighted by molar-refractivity contribution is 5.92. The van der Waals surface area contributed by atoms with Gasteiger partial charge in [0.2, 0.25) is 0 Å². The molecule has 2 bridgehead atoms. The summed E-state index contributed by atoms with van der Waals surface area (Å²) < 4.78 is 11.9. The molecule has 0 aromatic rings. The summed E-state index contributed by atoms with van der Waals surface area (Å²) >= 11 is 0. The van der Waals surface area contributed by atoms with Crippen LogP contribution in [0.4, 0.5) is 0 Å². The van der Waals surface area contributed by atoms with E-state index in [4.69, 9.17) is 9.47 Å². The molecule has 0 aromatic heterocycles. The van der Waals surface area contributed by atoms with Gasteiger partial charge in [0.25, 0.3) is 0 Å². The molecule has 3 aliphatic heterocycles. The van der Waals surface area contributed by atoms with Crippen LogP contribution < -0.4 is 0 Å². The summed E-state index contributed by atoms with van der Waals surface area (Å²) in [4.78, 5) is 12.0. The number of aliphatic hydroxyl groups is 1. The van der Waals surface area contributed by atoms with E-state index in [1.807, 2.05) is 13.8 Å². The Hall–Kier alpha value is -1.13. The van der Waals surface area contributed by atoms with Crippen molar-refractivity contribution in [3.63, 3.8) is 0 Å². The second-order valence-corrected chi connectivity index (χ2v) is 8.10. The highest BCUT2D eigenvalue weighted by Crippen LogP contribution is 2.38. The van der Waals surface area contributed by atoms with Gasteiger partial charge in [-0.25, -0.2) is 4.79 Å². The van der Waals surface area contributed by atoms with Gasteiger partial charge in [0.1, 0.15) is 6.10 Å². The summed E-state index contributed by atoms with van der Waals surface area (Å²) in [5, 5.41) is 10.7. The zero-order valence-corrected chi connectivity index (χ0v) is 15.3. The maximum Gasteiger partial charge on any atom is 0.334 e. The number of carbonyl (C=O) groups excluding carboxylic acids is 1. The number of ether oxygens (including phenoxy) is 2. The minimum atomic E-state index is -0.748. The Bertz CT molecular complexity index is 572. The van der Waals surface area contributed by atoms with E-state index >= 15 is 0 Å². The van der Waals surface area contributed by atoms with Crippen LogP contribution in [0.3, 0.4) is 0 Å². The molecule has 0 radical (unpaired) electrons. The Labute approximate surface area is 144 Å². The first kappa shape index (κ1) is 17.7. The summed E-state index contributed by atoms with van der Waals surface area (Å²) in [6, 6.07) is 0. The zero-order valence-electron chi connectivity index (χ0n) is 15.3. The molecule has 24 heavy (non-hydrogen) atoms. The molecule has 3 aliphatic rings. The molecule has 1 N–H and O–H groups in total. The van der Waals surface area contributed by atoms with E-state index < -0.39 is 5.60 Å². The lowest BCUT2D eigenvalue weighted by Crippen LogP contribution is -2.49. The third kappa shape index (κ3) is 3.45. The van der Waals surface area contributed by atoms with Crippen molar-refractivity contribution in [2.24, 2.45) is 5.92 Å². The highest BCUT2D eigenvalue weighted by atomic mass is 16.5. The second kappa shape index (κ2) is 6.64. The van der Waals surface area contributed by atoms with Crippen molar-refractivity contribution in [1.82, 2.24) is 0 Å². The predicted octanol–water partition coefficient (Wildman–Crippen LogP) is 3.68. The number of rotatable bonds is 0. The Morgan fingerprint density at radius 3 is 2.71 bits per heavy atom. The standard InChI is InChI=1S/C20H30O4/c1-12-5-8-18-20(4,22)10-9-16(23-18)13(2)6-7-15-14(3)19(21)24-17(15)11-12/h11,13,16-18,22H,5-10H2,1-4H3/b12-11+/t13-,16+,17-,18+,20-/m0/s1. The maximum absolute atomic E-state index is 12.0. The highest BCUT2D eigenvalue weighted by Gasteiger charge is 2.41. The van der Waals surface area contributed by atoms with Gasteiger partial charge >= 0.3 is 5.97 Å². The van der Waals surface area contributed by atoms with Crippen LogP contribution in [-0.4, -0.2) is 35.0 Å². The average Bonchev–Trinajstić information content (AvgIpc) is 2.77. The van der Waals surface area contributed by atoms with Gasteiger partial charge in [0.05, 0.1) is 17.8 Å². The number of allylic oxidation sites excluding steroid dienone is 1. The Balaban J connectivity index is 1.87. The zero-order chi connectivity index (χ0) is 17.5. The van der Waals surface area contributed by atoms with E-state index in [0.29, 0.717) is 5.92 Å². The fourth-order valence-corrected chi connectivity index (χ4v) is 4.17. The van der Waals surface area contributed by atoms with Crippen molar-refractivity contribution in [2.75, 3.05) is 0 Å². The summed E-state index contributed by atoms with van der Waals surface area (Å²) in [7, 11) is 0. The van der Waals surface area contributed by atoms with Gasteiger partial charge in [-0.3, -0.25) is 0 Å². The molecule has 0 unspecified atom stereocenters. The monoisotopic (exact) mass is 334 g/mol. The SMILES string of the molecule is CC1=C2CC[C@H](C)[C@H]3CC[C@](C)(O)[C@@H](CC/C(C)=C/[C@@H]2OC1=O)O3. The molecule has 0 spiro atoms. The molecule has 0 amide bonds. The van der Waals surface area contributed by atoms with Crippen molar-refractivity contribution in [2.45, 2.75) is 90.1 Å². The van der Waals surface area contributed by atoms with Crippen LogP contribution in [0, 0.1) is 5.92 Å². The number of esters is 1. The number of carbonyl (C=O) groups is 1. The number of fused-ring (bicyclic) bond motifs is 3. The number of hydrogen-bond donors (Lipinski definition) is 1.